The number of methoxy groups -OCH3 is 1. The fourth-order valence-corrected chi connectivity index (χ4v) is 6.35. The van der Waals surface area contributed by atoms with Crippen LogP contribution >= 0.6 is 0 Å². The first kappa shape index (κ1) is 38.7. The molecule has 2 aliphatic heterocycles. The summed E-state index contributed by atoms with van der Waals surface area (Å²) in [6.45, 7) is 16.7. The number of imide groups is 1. The number of likely N-dealkylation sites (N-methyl/N-ethyl adjacent to an activating group) is 2. The van der Waals surface area contributed by atoms with E-state index < -0.39 is 59.9 Å². The van der Waals surface area contributed by atoms with Crippen LogP contribution in [0.1, 0.15) is 88.0 Å². The molecule has 0 aliphatic carbocycles. The van der Waals surface area contributed by atoms with E-state index in [1.807, 2.05) is 48.5 Å². The lowest BCUT2D eigenvalue weighted by Gasteiger charge is -2.38. The SMILES string of the molecule is CC[C@H](C)[C@H](OC(=O)[C@H](CC(C)C)N(C)C(C)=O)C(=O)N(C)[C@H](C(=O)N1CCC[C@H]1C(=O)N1C(=O)C=C(OC)[C@@H]1C(C)C)C(C)C. The van der Waals surface area contributed by atoms with Crippen LogP contribution in [0.2, 0.25) is 0 Å². The summed E-state index contributed by atoms with van der Waals surface area (Å²) in [4.78, 5) is 86.2. The van der Waals surface area contributed by atoms with Crippen molar-refractivity contribution in [2.75, 3.05) is 27.7 Å². The lowest BCUT2D eigenvalue weighted by molar-refractivity contribution is -0.171. The molecule has 5 amide bonds. The van der Waals surface area contributed by atoms with Crippen molar-refractivity contribution in [2.45, 2.75) is 118 Å². The minimum atomic E-state index is -1.19. The Bertz CT molecular complexity index is 1180. The first-order valence-electron chi connectivity index (χ1n) is 16.5. The zero-order chi connectivity index (χ0) is 35.2. The van der Waals surface area contributed by atoms with Gasteiger partial charge in [0.1, 0.15) is 23.9 Å². The highest BCUT2D eigenvalue weighted by Gasteiger charge is 2.48. The second-order valence-corrected chi connectivity index (χ2v) is 13.8. The largest absolute Gasteiger partial charge is 0.499 e. The molecule has 2 heterocycles. The number of rotatable bonds is 14. The van der Waals surface area contributed by atoms with Crippen molar-refractivity contribution in [3.63, 3.8) is 0 Å². The molecule has 0 saturated carbocycles. The number of carbonyl (C=O) groups excluding carboxylic acids is 6. The molecule has 12 heteroatoms. The molecule has 0 aromatic rings. The molecule has 2 aliphatic rings. The van der Waals surface area contributed by atoms with E-state index in [4.69, 9.17) is 9.47 Å². The number of ether oxygens (including phenoxy) is 2. The number of likely N-dealkylation sites (tertiary alicyclic amines) is 1. The fraction of sp³-hybridized carbons (Fsp3) is 0.765. The van der Waals surface area contributed by atoms with E-state index in [1.165, 1.54) is 53.8 Å². The second kappa shape index (κ2) is 16.4. The topological polar surface area (TPSA) is 134 Å². The Hall–Kier alpha value is -3.44. The van der Waals surface area contributed by atoms with Crippen LogP contribution in [0.3, 0.4) is 0 Å². The fourth-order valence-electron chi connectivity index (χ4n) is 6.35. The Morgan fingerprint density at radius 2 is 1.61 bits per heavy atom. The van der Waals surface area contributed by atoms with Gasteiger partial charge >= 0.3 is 5.97 Å². The van der Waals surface area contributed by atoms with Crippen molar-refractivity contribution in [2.24, 2.45) is 23.7 Å². The van der Waals surface area contributed by atoms with Crippen molar-refractivity contribution in [1.29, 1.82) is 0 Å². The molecular formula is C34H56N4O8. The highest BCUT2D eigenvalue weighted by atomic mass is 16.6. The summed E-state index contributed by atoms with van der Waals surface area (Å²) in [5.74, 6) is -3.17. The lowest BCUT2D eigenvalue weighted by Crippen LogP contribution is -2.59. The second-order valence-electron chi connectivity index (χ2n) is 13.8. The molecule has 0 radical (unpaired) electrons. The number of nitrogens with zero attached hydrogens (tertiary/aromatic N) is 4. The van der Waals surface area contributed by atoms with Crippen molar-refractivity contribution >= 4 is 35.5 Å². The van der Waals surface area contributed by atoms with Gasteiger partial charge in [-0.3, -0.25) is 28.9 Å². The maximum absolute atomic E-state index is 14.2. The predicted molar refractivity (Wildman–Crippen MR) is 173 cm³/mol. The van der Waals surface area contributed by atoms with E-state index in [1.54, 1.807) is 6.92 Å². The molecule has 46 heavy (non-hydrogen) atoms. The molecule has 0 unspecified atom stereocenters. The minimum Gasteiger partial charge on any atom is -0.499 e. The zero-order valence-electron chi connectivity index (χ0n) is 29.9. The normalized spacial score (nSPS) is 20.8. The summed E-state index contributed by atoms with van der Waals surface area (Å²) in [6, 6.07) is -3.26. The van der Waals surface area contributed by atoms with E-state index in [2.05, 4.69) is 0 Å². The van der Waals surface area contributed by atoms with Crippen molar-refractivity contribution < 1.29 is 38.2 Å². The Kier molecular flexibility index (Phi) is 13.8. The van der Waals surface area contributed by atoms with Gasteiger partial charge in [0.2, 0.25) is 11.8 Å². The average Bonchev–Trinajstić information content (AvgIpc) is 3.61. The van der Waals surface area contributed by atoms with Crippen LogP contribution in [0.5, 0.6) is 0 Å². The van der Waals surface area contributed by atoms with E-state index >= 15 is 0 Å². The van der Waals surface area contributed by atoms with Gasteiger partial charge in [-0.15, -0.1) is 0 Å². The van der Waals surface area contributed by atoms with Crippen molar-refractivity contribution in [3.05, 3.63) is 11.8 Å². The Labute approximate surface area is 274 Å². The van der Waals surface area contributed by atoms with Gasteiger partial charge in [-0.1, -0.05) is 55.4 Å². The van der Waals surface area contributed by atoms with Crippen LogP contribution in [-0.4, -0.2) is 113 Å². The molecule has 0 aromatic carbocycles. The Morgan fingerprint density at radius 1 is 1.00 bits per heavy atom. The highest BCUT2D eigenvalue weighted by Crippen LogP contribution is 2.31. The van der Waals surface area contributed by atoms with Crippen LogP contribution in [0.4, 0.5) is 0 Å². The maximum atomic E-state index is 14.2. The maximum Gasteiger partial charge on any atom is 0.329 e. The number of esters is 1. The minimum absolute atomic E-state index is 0.0855. The molecule has 1 saturated heterocycles. The molecule has 1 fully saturated rings. The molecule has 0 bridgehead atoms. The van der Waals surface area contributed by atoms with E-state index in [0.29, 0.717) is 38.0 Å². The quantitative estimate of drug-likeness (QED) is 0.207. The van der Waals surface area contributed by atoms with Gasteiger partial charge in [0, 0.05) is 39.6 Å². The van der Waals surface area contributed by atoms with Gasteiger partial charge in [-0.25, -0.2) is 4.79 Å². The monoisotopic (exact) mass is 648 g/mol. The molecule has 0 spiro atoms. The smallest absolute Gasteiger partial charge is 0.329 e. The number of hydrogen-bond acceptors (Lipinski definition) is 8. The third kappa shape index (κ3) is 8.47. The summed E-state index contributed by atoms with van der Waals surface area (Å²) in [5.41, 5.74) is 0. The molecule has 12 nitrogen and oxygen atoms in total. The van der Waals surface area contributed by atoms with Crippen molar-refractivity contribution in [1.82, 2.24) is 19.6 Å². The standard InChI is InChI=1S/C34H56N4O8/c1-13-22(8)30(46-34(44)25(17-19(2)3)35(10)23(9)39)33(43)36(11)29(21(6)7)32(42)37-16-14-15-24(37)31(41)38-27(40)18-26(45-12)28(38)20(4)5/h18-22,24-25,28-30H,13-17H2,1-12H3/t22-,24-,25-,28-,29-,30-/m0/s1. The first-order valence-corrected chi connectivity index (χ1v) is 16.5. The molecule has 0 N–H and O–H groups in total. The van der Waals surface area contributed by atoms with Crippen LogP contribution in [0.25, 0.3) is 0 Å². The third-order valence-corrected chi connectivity index (χ3v) is 9.23. The first-order chi connectivity index (χ1) is 21.4. The van der Waals surface area contributed by atoms with Gasteiger partial charge in [0.05, 0.1) is 13.2 Å². The van der Waals surface area contributed by atoms with Gasteiger partial charge in [0.25, 0.3) is 17.7 Å². The number of amides is 5. The Morgan fingerprint density at radius 3 is 2.09 bits per heavy atom. The van der Waals surface area contributed by atoms with Crippen molar-refractivity contribution in [3.8, 4) is 0 Å². The van der Waals surface area contributed by atoms with Gasteiger partial charge in [-0.2, -0.15) is 0 Å². The predicted octanol–water partition coefficient (Wildman–Crippen LogP) is 3.24. The molecule has 260 valence electrons. The van der Waals surface area contributed by atoms with Gasteiger partial charge in [-0.05, 0) is 43.4 Å². The van der Waals surface area contributed by atoms with Gasteiger partial charge in [0.15, 0.2) is 6.10 Å². The van der Waals surface area contributed by atoms with Crippen LogP contribution < -0.4 is 0 Å². The molecule has 6 atom stereocenters. The molecule has 0 aromatic heterocycles. The van der Waals surface area contributed by atoms with Crippen LogP contribution in [-0.2, 0) is 38.2 Å². The van der Waals surface area contributed by atoms with E-state index in [-0.39, 0.29) is 29.6 Å². The van der Waals surface area contributed by atoms with E-state index in [0.717, 1.165) is 0 Å². The third-order valence-electron chi connectivity index (χ3n) is 9.23. The summed E-state index contributed by atoms with van der Waals surface area (Å²) in [6.07, 6.45) is 1.98. The highest BCUT2D eigenvalue weighted by molar-refractivity contribution is 6.07. The Balaban J connectivity index is 2.37. The molecule has 2 rings (SSSR count). The summed E-state index contributed by atoms with van der Waals surface area (Å²) >= 11 is 0. The van der Waals surface area contributed by atoms with E-state index in [9.17, 15) is 28.8 Å². The number of carbonyl (C=O) groups is 6. The summed E-state index contributed by atoms with van der Waals surface area (Å²) < 4.78 is 11.3. The van der Waals surface area contributed by atoms with Crippen LogP contribution in [0, 0.1) is 23.7 Å². The van der Waals surface area contributed by atoms with Gasteiger partial charge < -0.3 is 24.2 Å². The lowest BCUT2D eigenvalue weighted by atomic mass is 9.96. The molecular weight excluding hydrogens is 592 g/mol. The summed E-state index contributed by atoms with van der Waals surface area (Å²) in [7, 11) is 4.52. The summed E-state index contributed by atoms with van der Waals surface area (Å²) in [5, 5.41) is 0. The number of hydrogen-bond donors (Lipinski definition) is 0. The zero-order valence-corrected chi connectivity index (χ0v) is 29.9. The van der Waals surface area contributed by atoms with Crippen LogP contribution in [0.15, 0.2) is 11.8 Å². The average molecular weight is 649 g/mol.